The molecule has 2 aliphatic heterocycles. The number of piperidine rings is 1. The number of carbonyl (C=O) groups excluding carboxylic acids is 1. The van der Waals surface area contributed by atoms with Gasteiger partial charge in [-0.1, -0.05) is 0 Å². The standard InChI is InChI=1S/C15H16F2N2O3/c1-18-5-4-15(17)10(7-18)8-19(14(15)22)12-6-9(13(20)21)2-3-11(12)16/h2-3,6,10H,4-5,7-8H2,1H3,(H,20,21)/t10-,15+/m0/s1. The predicted octanol–water partition coefficient (Wildman–Crippen LogP) is 1.53. The van der Waals surface area contributed by atoms with Gasteiger partial charge in [-0.15, -0.1) is 0 Å². The molecule has 0 saturated carbocycles. The predicted molar refractivity (Wildman–Crippen MR) is 75.2 cm³/mol. The molecule has 1 aromatic carbocycles. The number of amides is 1. The number of carboxylic acid groups (broad SMARTS) is 1. The number of halogens is 2. The zero-order valence-electron chi connectivity index (χ0n) is 12.1. The average molecular weight is 310 g/mol. The number of aromatic carboxylic acids is 1. The lowest BCUT2D eigenvalue weighted by Gasteiger charge is -2.34. The summed E-state index contributed by atoms with van der Waals surface area (Å²) >= 11 is 0. The fraction of sp³-hybridized carbons (Fsp3) is 0.467. The minimum atomic E-state index is -1.99. The van der Waals surface area contributed by atoms with E-state index >= 15 is 0 Å². The minimum absolute atomic E-state index is 0.0552. The monoisotopic (exact) mass is 310 g/mol. The second-order valence-electron chi connectivity index (χ2n) is 5.96. The highest BCUT2D eigenvalue weighted by atomic mass is 19.1. The molecule has 0 bridgehead atoms. The summed E-state index contributed by atoms with van der Waals surface area (Å²) in [6.45, 7) is 0.933. The fourth-order valence-corrected chi connectivity index (χ4v) is 3.24. The molecule has 2 fully saturated rings. The second-order valence-corrected chi connectivity index (χ2v) is 5.96. The molecule has 5 nitrogen and oxygen atoms in total. The summed E-state index contributed by atoms with van der Waals surface area (Å²) < 4.78 is 29.0. The van der Waals surface area contributed by atoms with Gasteiger partial charge in [0.25, 0.3) is 5.91 Å². The minimum Gasteiger partial charge on any atom is -0.478 e. The van der Waals surface area contributed by atoms with Gasteiger partial charge in [-0.3, -0.25) is 4.79 Å². The largest absolute Gasteiger partial charge is 0.478 e. The van der Waals surface area contributed by atoms with Gasteiger partial charge in [0.05, 0.1) is 11.3 Å². The van der Waals surface area contributed by atoms with Crippen LogP contribution >= 0.6 is 0 Å². The van der Waals surface area contributed by atoms with Crippen molar-refractivity contribution in [2.24, 2.45) is 5.92 Å². The third kappa shape index (κ3) is 2.16. The van der Waals surface area contributed by atoms with Gasteiger partial charge in [0, 0.05) is 32.0 Å². The molecule has 1 aromatic rings. The van der Waals surface area contributed by atoms with Crippen LogP contribution in [0.15, 0.2) is 18.2 Å². The lowest BCUT2D eigenvalue weighted by molar-refractivity contribution is -0.131. The molecule has 1 N–H and O–H groups in total. The zero-order valence-corrected chi connectivity index (χ0v) is 12.1. The van der Waals surface area contributed by atoms with Gasteiger partial charge in [0.15, 0.2) is 5.67 Å². The summed E-state index contributed by atoms with van der Waals surface area (Å²) in [6, 6.07) is 3.19. The second kappa shape index (κ2) is 5.01. The van der Waals surface area contributed by atoms with E-state index in [2.05, 4.69) is 0 Å². The molecular formula is C15H16F2N2O3. The Balaban J connectivity index is 1.98. The highest BCUT2D eigenvalue weighted by Crippen LogP contribution is 2.41. The van der Waals surface area contributed by atoms with Crippen LogP contribution in [-0.2, 0) is 4.79 Å². The quantitative estimate of drug-likeness (QED) is 0.900. The summed E-state index contributed by atoms with van der Waals surface area (Å²) in [6.07, 6.45) is 0.0732. The van der Waals surface area contributed by atoms with Crippen LogP contribution < -0.4 is 4.90 Å². The van der Waals surface area contributed by atoms with E-state index in [4.69, 9.17) is 5.11 Å². The van der Waals surface area contributed by atoms with Crippen molar-refractivity contribution >= 4 is 17.6 Å². The van der Waals surface area contributed by atoms with E-state index < -0.39 is 29.3 Å². The molecule has 7 heteroatoms. The van der Waals surface area contributed by atoms with Crippen molar-refractivity contribution in [2.45, 2.75) is 12.1 Å². The van der Waals surface area contributed by atoms with Crippen LogP contribution in [0.2, 0.25) is 0 Å². The number of hydrogen-bond donors (Lipinski definition) is 1. The molecule has 118 valence electrons. The van der Waals surface area contributed by atoms with Gasteiger partial charge >= 0.3 is 5.97 Å². The first kappa shape index (κ1) is 14.9. The molecule has 1 amide bonds. The van der Waals surface area contributed by atoms with Crippen LogP contribution in [0.25, 0.3) is 0 Å². The number of rotatable bonds is 2. The first-order chi connectivity index (χ1) is 10.3. The summed E-state index contributed by atoms with van der Waals surface area (Å²) in [7, 11) is 1.85. The number of nitrogens with zero attached hydrogens (tertiary/aromatic N) is 2. The van der Waals surface area contributed by atoms with Gasteiger partial charge in [0.1, 0.15) is 5.82 Å². The Kier molecular flexibility index (Phi) is 3.40. The van der Waals surface area contributed by atoms with Crippen LogP contribution in [0.3, 0.4) is 0 Å². The molecule has 22 heavy (non-hydrogen) atoms. The Morgan fingerprint density at radius 2 is 2.14 bits per heavy atom. The van der Waals surface area contributed by atoms with Crippen LogP contribution in [-0.4, -0.2) is 54.2 Å². The molecule has 2 heterocycles. The first-order valence-electron chi connectivity index (χ1n) is 7.05. The fourth-order valence-electron chi connectivity index (χ4n) is 3.24. The van der Waals surface area contributed by atoms with E-state index in [0.717, 1.165) is 23.1 Å². The molecular weight excluding hydrogens is 294 g/mol. The number of fused-ring (bicyclic) bond motifs is 1. The number of likely N-dealkylation sites (tertiary alicyclic amines) is 1. The highest BCUT2D eigenvalue weighted by molar-refractivity contribution is 6.03. The summed E-state index contributed by atoms with van der Waals surface area (Å²) in [5, 5.41) is 8.99. The van der Waals surface area contributed by atoms with Crippen LogP contribution in [0.4, 0.5) is 14.5 Å². The maximum absolute atomic E-state index is 15.0. The van der Waals surface area contributed by atoms with E-state index in [1.807, 2.05) is 11.9 Å². The normalized spacial score (nSPS) is 28.8. The Labute approximate surface area is 126 Å². The lowest BCUT2D eigenvalue weighted by atomic mass is 9.85. The van der Waals surface area contributed by atoms with Gasteiger partial charge in [-0.25, -0.2) is 13.6 Å². The van der Waals surface area contributed by atoms with Crippen molar-refractivity contribution in [2.75, 3.05) is 31.6 Å². The Bertz CT molecular complexity index is 652. The molecule has 3 rings (SSSR count). The Morgan fingerprint density at radius 3 is 2.82 bits per heavy atom. The molecule has 0 unspecified atom stereocenters. The first-order valence-corrected chi connectivity index (χ1v) is 7.05. The molecule has 0 radical (unpaired) electrons. The van der Waals surface area contributed by atoms with Crippen LogP contribution in [0.1, 0.15) is 16.8 Å². The SMILES string of the molecule is CN1CC[C@]2(F)C(=O)N(c3cc(C(=O)O)ccc3F)C[C@@H]2C1. The van der Waals surface area contributed by atoms with E-state index in [1.54, 1.807) is 0 Å². The molecule has 2 atom stereocenters. The Morgan fingerprint density at radius 1 is 1.41 bits per heavy atom. The summed E-state index contributed by atoms with van der Waals surface area (Å²) in [5.74, 6) is -3.26. The van der Waals surface area contributed by atoms with Crippen molar-refractivity contribution in [3.63, 3.8) is 0 Å². The molecule has 2 aliphatic rings. The topological polar surface area (TPSA) is 60.9 Å². The maximum atomic E-state index is 15.0. The number of benzene rings is 1. The molecule has 0 aliphatic carbocycles. The van der Waals surface area contributed by atoms with Gasteiger partial charge < -0.3 is 14.9 Å². The number of anilines is 1. The summed E-state index contributed by atoms with van der Waals surface area (Å²) in [5.41, 5.74) is -2.29. The van der Waals surface area contributed by atoms with E-state index in [0.29, 0.717) is 13.1 Å². The van der Waals surface area contributed by atoms with E-state index in [-0.39, 0.29) is 24.2 Å². The summed E-state index contributed by atoms with van der Waals surface area (Å²) in [4.78, 5) is 26.4. The number of alkyl halides is 1. The molecule has 0 spiro atoms. The van der Waals surface area contributed by atoms with Gasteiger partial charge in [0.2, 0.25) is 0 Å². The lowest BCUT2D eigenvalue weighted by Crippen LogP contribution is -2.49. The number of carboxylic acids is 1. The van der Waals surface area contributed by atoms with Crippen molar-refractivity contribution in [1.29, 1.82) is 0 Å². The number of carbonyl (C=O) groups is 2. The van der Waals surface area contributed by atoms with Crippen molar-refractivity contribution in [3.8, 4) is 0 Å². The van der Waals surface area contributed by atoms with Gasteiger partial charge in [-0.05, 0) is 25.2 Å². The Hall–Kier alpha value is -2.02. The third-order valence-electron chi connectivity index (χ3n) is 4.52. The van der Waals surface area contributed by atoms with Crippen molar-refractivity contribution in [3.05, 3.63) is 29.6 Å². The molecule has 2 saturated heterocycles. The van der Waals surface area contributed by atoms with Crippen molar-refractivity contribution < 1.29 is 23.5 Å². The van der Waals surface area contributed by atoms with Crippen molar-refractivity contribution in [1.82, 2.24) is 4.90 Å². The third-order valence-corrected chi connectivity index (χ3v) is 4.52. The highest BCUT2D eigenvalue weighted by Gasteiger charge is 2.57. The average Bonchev–Trinajstić information content (AvgIpc) is 2.72. The van der Waals surface area contributed by atoms with Gasteiger partial charge in [-0.2, -0.15) is 0 Å². The van der Waals surface area contributed by atoms with Crippen LogP contribution in [0.5, 0.6) is 0 Å². The number of hydrogen-bond acceptors (Lipinski definition) is 3. The molecule has 0 aromatic heterocycles. The van der Waals surface area contributed by atoms with E-state index in [1.165, 1.54) is 0 Å². The maximum Gasteiger partial charge on any atom is 0.335 e. The smallest absolute Gasteiger partial charge is 0.335 e. The zero-order chi connectivity index (χ0) is 16.1. The van der Waals surface area contributed by atoms with E-state index in [9.17, 15) is 18.4 Å². The van der Waals surface area contributed by atoms with Crippen LogP contribution in [0, 0.1) is 11.7 Å².